The second-order valence-corrected chi connectivity index (χ2v) is 6.56. The van der Waals surface area contributed by atoms with E-state index in [9.17, 15) is 0 Å². The van der Waals surface area contributed by atoms with Crippen LogP contribution >= 0.6 is 0 Å². The van der Waals surface area contributed by atoms with Crippen LogP contribution in [0.4, 0.5) is 0 Å². The molecule has 0 amide bonds. The highest BCUT2D eigenvalue weighted by molar-refractivity contribution is 5.72. The maximum absolute atomic E-state index is 2.31. The van der Waals surface area contributed by atoms with Crippen molar-refractivity contribution in [2.75, 3.05) is 0 Å². The van der Waals surface area contributed by atoms with Crippen LogP contribution < -0.4 is 9.13 Å². The van der Waals surface area contributed by atoms with Crippen LogP contribution in [0.2, 0.25) is 0 Å². The Morgan fingerprint density at radius 3 is 1.54 bits per heavy atom. The highest BCUT2D eigenvalue weighted by Crippen LogP contribution is 2.11. The van der Waals surface area contributed by atoms with Crippen molar-refractivity contribution >= 4 is 22.1 Å². The van der Waals surface area contributed by atoms with Gasteiger partial charge < -0.3 is 0 Å². The minimum absolute atomic E-state index is 0.889. The first kappa shape index (κ1) is 16.6. The summed E-state index contributed by atoms with van der Waals surface area (Å²) in [5, 5.41) is 0. The molecular weight excluding hydrogens is 320 g/mol. The molecule has 0 aliphatic rings. The minimum atomic E-state index is 0.889. The summed E-state index contributed by atoms with van der Waals surface area (Å²) in [6, 6.07) is 17.2. The highest BCUT2D eigenvalue weighted by Gasteiger charge is 2.13. The molecule has 26 heavy (non-hydrogen) atoms. The number of nitrogens with zero attached hydrogens (tertiary/aromatic N) is 4. The van der Waals surface area contributed by atoms with Gasteiger partial charge in [-0.05, 0) is 50.3 Å². The number of aromatic nitrogens is 4. The van der Waals surface area contributed by atoms with Crippen LogP contribution in [0.3, 0.4) is 0 Å². The Hall–Kier alpha value is -2.88. The van der Waals surface area contributed by atoms with E-state index in [0.717, 1.165) is 26.2 Å². The van der Waals surface area contributed by atoms with Gasteiger partial charge >= 0.3 is 0 Å². The van der Waals surface area contributed by atoms with Crippen molar-refractivity contribution in [3.05, 3.63) is 73.3 Å². The first-order valence-electron chi connectivity index (χ1n) is 9.41. The lowest BCUT2D eigenvalue weighted by atomic mass is 10.3. The van der Waals surface area contributed by atoms with E-state index in [-0.39, 0.29) is 0 Å². The third-order valence-electron chi connectivity index (χ3n) is 5.01. The van der Waals surface area contributed by atoms with Gasteiger partial charge in [-0.25, -0.2) is 18.3 Å². The van der Waals surface area contributed by atoms with E-state index >= 15 is 0 Å². The van der Waals surface area contributed by atoms with E-state index in [0.29, 0.717) is 0 Å². The predicted molar refractivity (Wildman–Crippen MR) is 105 cm³/mol. The number of hydrogen-bond acceptors (Lipinski definition) is 0. The molecule has 4 heteroatoms. The van der Waals surface area contributed by atoms with Gasteiger partial charge in [0.2, 0.25) is 12.7 Å². The van der Waals surface area contributed by atoms with E-state index in [1.54, 1.807) is 0 Å². The molecule has 4 aromatic rings. The fourth-order valence-electron chi connectivity index (χ4n) is 3.66. The first-order chi connectivity index (χ1) is 12.8. The standard InChI is InChI=1S/C22H26N4/c1-3-23-17-25(21-13-7-5-11-19(21)23)15-9-10-16-26-18-24(4-2)20-12-6-8-14-22(20)26/h5-14,17-18H,3-4,15-16H2,1-2H3/q+2/b10-9+. The van der Waals surface area contributed by atoms with Crippen LogP contribution in [-0.4, -0.2) is 9.13 Å². The summed E-state index contributed by atoms with van der Waals surface area (Å²) in [7, 11) is 0. The molecule has 0 spiro atoms. The fraction of sp³-hybridized carbons (Fsp3) is 0.273. The fourth-order valence-corrected chi connectivity index (χ4v) is 3.66. The molecule has 4 nitrogen and oxygen atoms in total. The SMILES string of the molecule is CCn1c[n+](C/C=C/C[n+]2cn(CC)c3ccccc32)c2ccccc21. The average molecular weight is 346 g/mol. The number of aryl methyl sites for hydroxylation is 2. The predicted octanol–water partition coefficient (Wildman–Crippen LogP) is 3.47. The van der Waals surface area contributed by atoms with Crippen molar-refractivity contribution in [3.8, 4) is 0 Å². The smallest absolute Gasteiger partial charge is 0.230 e. The molecule has 2 aromatic heterocycles. The number of rotatable bonds is 6. The number of para-hydroxylation sites is 4. The quantitative estimate of drug-likeness (QED) is 0.376. The molecular formula is C22H26N4+2. The topological polar surface area (TPSA) is 17.6 Å². The third-order valence-corrected chi connectivity index (χ3v) is 5.01. The molecule has 0 saturated heterocycles. The van der Waals surface area contributed by atoms with Crippen LogP contribution in [0.15, 0.2) is 73.3 Å². The Labute approximate surface area is 154 Å². The molecule has 0 fully saturated rings. The zero-order valence-corrected chi connectivity index (χ0v) is 15.5. The number of hydrogen-bond donors (Lipinski definition) is 0. The molecule has 0 atom stereocenters. The van der Waals surface area contributed by atoms with E-state index in [1.165, 1.54) is 22.1 Å². The summed E-state index contributed by atoms with van der Waals surface area (Å²) in [5.74, 6) is 0. The van der Waals surface area contributed by atoms with Gasteiger partial charge in [0, 0.05) is 0 Å². The molecule has 2 heterocycles. The van der Waals surface area contributed by atoms with Crippen molar-refractivity contribution in [1.82, 2.24) is 9.13 Å². The number of allylic oxidation sites excluding steroid dienone is 2. The lowest BCUT2D eigenvalue weighted by Gasteiger charge is -1.93. The molecule has 0 aliphatic heterocycles. The van der Waals surface area contributed by atoms with E-state index < -0.39 is 0 Å². The summed E-state index contributed by atoms with van der Waals surface area (Å²) >= 11 is 0. The Morgan fingerprint density at radius 2 is 1.12 bits per heavy atom. The van der Waals surface area contributed by atoms with Crippen LogP contribution in [0, 0.1) is 0 Å². The third kappa shape index (κ3) is 2.92. The summed E-state index contributed by atoms with van der Waals surface area (Å²) in [6.07, 6.45) is 8.95. The Balaban J connectivity index is 1.54. The number of benzene rings is 2. The molecule has 0 aliphatic carbocycles. The molecule has 132 valence electrons. The van der Waals surface area contributed by atoms with Gasteiger partial charge in [-0.1, -0.05) is 24.3 Å². The Morgan fingerprint density at radius 1 is 0.692 bits per heavy atom. The average Bonchev–Trinajstić information content (AvgIpc) is 3.23. The highest BCUT2D eigenvalue weighted by atomic mass is 15.1. The van der Waals surface area contributed by atoms with Crippen molar-refractivity contribution in [2.45, 2.75) is 40.0 Å². The van der Waals surface area contributed by atoms with Gasteiger partial charge in [-0.3, -0.25) is 0 Å². The Bertz CT molecular complexity index is 982. The van der Waals surface area contributed by atoms with Crippen LogP contribution in [0.5, 0.6) is 0 Å². The summed E-state index contributed by atoms with van der Waals surface area (Å²) in [4.78, 5) is 0. The lowest BCUT2D eigenvalue weighted by Crippen LogP contribution is -2.33. The van der Waals surface area contributed by atoms with Gasteiger partial charge in [-0.15, -0.1) is 0 Å². The van der Waals surface area contributed by atoms with E-state index in [4.69, 9.17) is 0 Å². The van der Waals surface area contributed by atoms with Crippen molar-refractivity contribution in [1.29, 1.82) is 0 Å². The normalized spacial score (nSPS) is 11.9. The van der Waals surface area contributed by atoms with Gasteiger partial charge in [-0.2, -0.15) is 0 Å². The summed E-state index contributed by atoms with van der Waals surface area (Å²) < 4.78 is 9.23. The minimum Gasteiger partial charge on any atom is -0.230 e. The monoisotopic (exact) mass is 346 g/mol. The van der Waals surface area contributed by atoms with E-state index in [1.807, 2.05) is 0 Å². The van der Waals surface area contributed by atoms with Gasteiger partial charge in [0.1, 0.15) is 13.1 Å². The summed E-state index contributed by atoms with van der Waals surface area (Å²) in [5.41, 5.74) is 5.16. The first-order valence-corrected chi connectivity index (χ1v) is 9.41. The molecule has 0 unspecified atom stereocenters. The molecule has 0 radical (unpaired) electrons. The lowest BCUT2D eigenvalue weighted by molar-refractivity contribution is -0.666. The number of fused-ring (bicyclic) bond motifs is 2. The number of imidazole rings is 2. The molecule has 0 bridgehead atoms. The van der Waals surface area contributed by atoms with Crippen LogP contribution in [0.25, 0.3) is 22.1 Å². The van der Waals surface area contributed by atoms with Crippen molar-refractivity contribution < 1.29 is 9.13 Å². The second-order valence-electron chi connectivity index (χ2n) is 6.56. The van der Waals surface area contributed by atoms with Crippen molar-refractivity contribution in [2.24, 2.45) is 0 Å². The van der Waals surface area contributed by atoms with E-state index in [2.05, 4.69) is 105 Å². The van der Waals surface area contributed by atoms with Gasteiger partial charge in [0.05, 0.1) is 13.1 Å². The molecule has 0 saturated carbocycles. The van der Waals surface area contributed by atoms with Gasteiger partial charge in [0.25, 0.3) is 0 Å². The van der Waals surface area contributed by atoms with Crippen molar-refractivity contribution in [3.63, 3.8) is 0 Å². The summed E-state index contributed by atoms with van der Waals surface area (Å²) in [6.45, 7) is 8.13. The van der Waals surface area contributed by atoms with Crippen LogP contribution in [-0.2, 0) is 26.2 Å². The largest absolute Gasteiger partial charge is 0.244 e. The maximum Gasteiger partial charge on any atom is 0.244 e. The Kier molecular flexibility index (Phi) is 4.57. The molecule has 2 aromatic carbocycles. The second kappa shape index (κ2) is 7.16. The van der Waals surface area contributed by atoms with Gasteiger partial charge in [0.15, 0.2) is 22.1 Å². The zero-order chi connectivity index (χ0) is 17.9. The van der Waals surface area contributed by atoms with Crippen LogP contribution in [0.1, 0.15) is 13.8 Å². The molecule has 0 N–H and O–H groups in total. The maximum atomic E-state index is 2.31. The molecule has 4 rings (SSSR count). The zero-order valence-electron chi connectivity index (χ0n) is 15.5.